The van der Waals surface area contributed by atoms with Crippen LogP contribution < -0.4 is 0 Å². The number of piperidine rings is 1. The van der Waals surface area contributed by atoms with E-state index < -0.39 is 11.9 Å². The van der Waals surface area contributed by atoms with Crippen LogP contribution in [0.3, 0.4) is 0 Å². The topological polar surface area (TPSA) is 63.7 Å². The lowest BCUT2D eigenvalue weighted by Crippen LogP contribution is -2.47. The highest BCUT2D eigenvalue weighted by molar-refractivity contribution is 6.30. The molecule has 1 fully saturated rings. The van der Waals surface area contributed by atoms with Gasteiger partial charge in [0.2, 0.25) is 5.91 Å². The monoisotopic (exact) mass is 309 g/mol. The van der Waals surface area contributed by atoms with Gasteiger partial charge in [-0.15, -0.1) is 0 Å². The molecule has 0 saturated carbocycles. The van der Waals surface area contributed by atoms with Gasteiger partial charge < -0.3 is 9.64 Å². The molecule has 1 heterocycles. The highest BCUT2D eigenvalue weighted by atomic mass is 35.5. The Morgan fingerprint density at radius 3 is 2.81 bits per heavy atom. The summed E-state index contributed by atoms with van der Waals surface area (Å²) in [5.74, 6) is -1.69. The van der Waals surface area contributed by atoms with Crippen LogP contribution in [-0.2, 0) is 25.5 Å². The molecule has 1 atom stereocenters. The zero-order valence-corrected chi connectivity index (χ0v) is 12.4. The van der Waals surface area contributed by atoms with Gasteiger partial charge in [0.25, 0.3) is 0 Å². The Morgan fingerprint density at radius 1 is 1.43 bits per heavy atom. The summed E-state index contributed by atoms with van der Waals surface area (Å²) in [4.78, 5) is 37.0. The van der Waals surface area contributed by atoms with E-state index in [2.05, 4.69) is 4.74 Å². The van der Waals surface area contributed by atoms with E-state index >= 15 is 0 Å². The lowest BCUT2D eigenvalue weighted by Gasteiger charge is -2.29. The van der Waals surface area contributed by atoms with Crippen molar-refractivity contribution >= 4 is 29.3 Å². The van der Waals surface area contributed by atoms with Gasteiger partial charge in [0.15, 0.2) is 5.78 Å². The molecule has 1 aromatic carbocycles. The van der Waals surface area contributed by atoms with E-state index in [0.717, 1.165) is 5.56 Å². The molecule has 2 rings (SSSR count). The summed E-state index contributed by atoms with van der Waals surface area (Å²) in [6.07, 6.45) is 0.503. The van der Waals surface area contributed by atoms with Crippen LogP contribution in [0, 0.1) is 5.92 Å². The van der Waals surface area contributed by atoms with E-state index in [0.29, 0.717) is 18.0 Å². The van der Waals surface area contributed by atoms with Gasteiger partial charge in [-0.05, 0) is 24.1 Å². The number of amides is 1. The third kappa shape index (κ3) is 3.82. The normalized spacial score (nSPS) is 18.5. The molecule has 0 radical (unpaired) electrons. The number of benzene rings is 1. The van der Waals surface area contributed by atoms with Crippen molar-refractivity contribution in [2.24, 2.45) is 5.92 Å². The Labute approximate surface area is 127 Å². The zero-order valence-electron chi connectivity index (χ0n) is 11.7. The molecule has 112 valence electrons. The van der Waals surface area contributed by atoms with Gasteiger partial charge in [0, 0.05) is 11.6 Å². The van der Waals surface area contributed by atoms with Gasteiger partial charge in [0.05, 0.1) is 20.1 Å². The Hall–Kier alpha value is -1.88. The van der Waals surface area contributed by atoms with Crippen molar-refractivity contribution in [2.45, 2.75) is 12.8 Å². The lowest BCUT2D eigenvalue weighted by atomic mass is 9.95. The fraction of sp³-hybridized carbons (Fsp3) is 0.400. The van der Waals surface area contributed by atoms with E-state index in [4.69, 9.17) is 11.6 Å². The third-order valence-electron chi connectivity index (χ3n) is 3.51. The predicted molar refractivity (Wildman–Crippen MR) is 76.9 cm³/mol. The third-order valence-corrected chi connectivity index (χ3v) is 3.74. The fourth-order valence-corrected chi connectivity index (χ4v) is 2.57. The SMILES string of the molecule is COC(=O)C1CCN(C(=O)Cc2cccc(Cl)c2)CC1=O. The maximum Gasteiger partial charge on any atom is 0.316 e. The average molecular weight is 310 g/mol. The first-order valence-electron chi connectivity index (χ1n) is 6.64. The fourth-order valence-electron chi connectivity index (χ4n) is 2.36. The van der Waals surface area contributed by atoms with E-state index in [1.54, 1.807) is 18.2 Å². The van der Waals surface area contributed by atoms with Gasteiger partial charge in [-0.25, -0.2) is 0 Å². The summed E-state index contributed by atoms with van der Waals surface area (Å²) in [6.45, 7) is 0.337. The molecule has 1 saturated heterocycles. The van der Waals surface area contributed by atoms with Gasteiger partial charge in [-0.2, -0.15) is 0 Å². The van der Waals surface area contributed by atoms with Gasteiger partial charge >= 0.3 is 5.97 Å². The largest absolute Gasteiger partial charge is 0.468 e. The number of hydrogen-bond donors (Lipinski definition) is 0. The first-order chi connectivity index (χ1) is 10.0. The number of carbonyl (C=O) groups is 3. The predicted octanol–water partition coefficient (Wildman–Crippen LogP) is 1.47. The summed E-state index contributed by atoms with van der Waals surface area (Å²) in [7, 11) is 1.26. The van der Waals surface area contributed by atoms with Crippen molar-refractivity contribution in [2.75, 3.05) is 20.2 Å². The maximum atomic E-state index is 12.2. The molecule has 6 heteroatoms. The highest BCUT2D eigenvalue weighted by Crippen LogP contribution is 2.17. The molecule has 21 heavy (non-hydrogen) atoms. The smallest absolute Gasteiger partial charge is 0.316 e. The van der Waals surface area contributed by atoms with Crippen molar-refractivity contribution in [3.63, 3.8) is 0 Å². The molecule has 1 aliphatic rings. The summed E-state index contributed by atoms with van der Waals surface area (Å²) in [5.41, 5.74) is 0.801. The number of carbonyl (C=O) groups excluding carboxylic acids is 3. The maximum absolute atomic E-state index is 12.2. The van der Waals surface area contributed by atoms with Crippen molar-refractivity contribution < 1.29 is 19.1 Å². The second-order valence-electron chi connectivity index (χ2n) is 4.95. The summed E-state index contributed by atoms with van der Waals surface area (Å²) in [5, 5.41) is 0.570. The van der Waals surface area contributed by atoms with Gasteiger partial charge in [-0.3, -0.25) is 14.4 Å². The van der Waals surface area contributed by atoms with Crippen molar-refractivity contribution in [3.8, 4) is 0 Å². The zero-order chi connectivity index (χ0) is 15.4. The molecular formula is C15H16ClNO4. The van der Waals surface area contributed by atoms with Crippen LogP contribution in [0.25, 0.3) is 0 Å². The molecule has 0 aromatic heterocycles. The van der Waals surface area contributed by atoms with Crippen LogP contribution in [0.2, 0.25) is 5.02 Å². The van der Waals surface area contributed by atoms with Crippen molar-refractivity contribution in [3.05, 3.63) is 34.9 Å². The van der Waals surface area contributed by atoms with Crippen molar-refractivity contribution in [1.82, 2.24) is 4.90 Å². The van der Waals surface area contributed by atoms with E-state index in [1.165, 1.54) is 12.0 Å². The second-order valence-corrected chi connectivity index (χ2v) is 5.39. The molecule has 1 unspecified atom stereocenters. The average Bonchev–Trinajstić information content (AvgIpc) is 2.46. The highest BCUT2D eigenvalue weighted by Gasteiger charge is 2.34. The summed E-state index contributed by atoms with van der Waals surface area (Å²) < 4.78 is 4.59. The van der Waals surface area contributed by atoms with Crippen LogP contribution in [-0.4, -0.2) is 42.8 Å². The van der Waals surface area contributed by atoms with E-state index in [-0.39, 0.29) is 24.7 Å². The van der Waals surface area contributed by atoms with Crippen LogP contribution in [0.4, 0.5) is 0 Å². The molecule has 0 spiro atoms. The first kappa shape index (κ1) is 15.5. The molecule has 0 N–H and O–H groups in total. The minimum atomic E-state index is -0.745. The minimum Gasteiger partial charge on any atom is -0.468 e. The number of rotatable bonds is 3. The number of ketones is 1. The summed E-state index contributed by atoms with van der Waals surface area (Å²) in [6, 6.07) is 7.05. The second kappa shape index (κ2) is 6.72. The number of halogens is 1. The number of nitrogens with zero attached hydrogens (tertiary/aromatic N) is 1. The molecule has 5 nitrogen and oxygen atoms in total. The first-order valence-corrected chi connectivity index (χ1v) is 7.02. The molecule has 0 bridgehead atoms. The van der Waals surface area contributed by atoms with E-state index in [1.807, 2.05) is 6.07 Å². The quantitative estimate of drug-likeness (QED) is 0.626. The Balaban J connectivity index is 1.96. The number of methoxy groups -OCH3 is 1. The number of Topliss-reactive ketones (excluding diaryl/α,β-unsaturated/α-hetero) is 1. The Kier molecular flexibility index (Phi) is 4.96. The van der Waals surface area contributed by atoms with Crippen LogP contribution in [0.15, 0.2) is 24.3 Å². The van der Waals surface area contributed by atoms with Crippen LogP contribution in [0.1, 0.15) is 12.0 Å². The van der Waals surface area contributed by atoms with Crippen LogP contribution >= 0.6 is 11.6 Å². The lowest BCUT2D eigenvalue weighted by molar-refractivity contribution is -0.154. The summed E-state index contributed by atoms with van der Waals surface area (Å²) >= 11 is 5.88. The van der Waals surface area contributed by atoms with Crippen LogP contribution in [0.5, 0.6) is 0 Å². The molecule has 1 aliphatic heterocycles. The number of esters is 1. The van der Waals surface area contributed by atoms with Crippen molar-refractivity contribution in [1.29, 1.82) is 0 Å². The van der Waals surface area contributed by atoms with Gasteiger partial charge in [0.1, 0.15) is 5.92 Å². The van der Waals surface area contributed by atoms with E-state index in [9.17, 15) is 14.4 Å². The standard InChI is InChI=1S/C15H16ClNO4/c1-21-15(20)12-5-6-17(9-13(12)18)14(19)8-10-3-2-4-11(16)7-10/h2-4,7,12H,5-6,8-9H2,1H3. The van der Waals surface area contributed by atoms with Gasteiger partial charge in [-0.1, -0.05) is 23.7 Å². The molecule has 1 aromatic rings. The Bertz CT molecular complexity index is 573. The Morgan fingerprint density at radius 2 is 2.19 bits per heavy atom. The number of likely N-dealkylation sites (tertiary alicyclic amines) is 1. The minimum absolute atomic E-state index is 0.0425. The number of ether oxygens (including phenoxy) is 1. The molecular weight excluding hydrogens is 294 g/mol. The number of hydrogen-bond acceptors (Lipinski definition) is 4. The molecule has 1 amide bonds. The molecule has 0 aliphatic carbocycles.